The minimum Gasteiger partial charge on any atom is -0.369 e. The van der Waals surface area contributed by atoms with Crippen LogP contribution in [0.5, 0.6) is 0 Å². The van der Waals surface area contributed by atoms with E-state index in [9.17, 15) is 5.26 Å². The van der Waals surface area contributed by atoms with Gasteiger partial charge < -0.3 is 10.2 Å². The van der Waals surface area contributed by atoms with Gasteiger partial charge in [-0.15, -0.1) is 15.3 Å². The minimum atomic E-state index is 0.504. The lowest BCUT2D eigenvalue weighted by molar-refractivity contribution is 0.424. The number of pyridine rings is 1. The van der Waals surface area contributed by atoms with E-state index in [1.807, 2.05) is 25.1 Å². The van der Waals surface area contributed by atoms with Crippen LogP contribution in [0.3, 0.4) is 0 Å². The first-order chi connectivity index (χ1) is 13.7. The number of anilines is 2. The van der Waals surface area contributed by atoms with E-state index in [0.717, 1.165) is 61.3 Å². The van der Waals surface area contributed by atoms with Crippen molar-refractivity contribution >= 4 is 17.3 Å². The summed E-state index contributed by atoms with van der Waals surface area (Å²) in [7, 11) is 0. The van der Waals surface area contributed by atoms with Gasteiger partial charge in [0.15, 0.2) is 11.5 Å². The zero-order valence-electron chi connectivity index (χ0n) is 15.9. The SMILES string of the molecule is Cc1nnc2ccc(N3CC(CNc4nc5c(cc4C#N)CCCC5)C3)nn12. The molecule has 28 heavy (non-hydrogen) atoms. The Bertz CT molecular complexity index is 1070. The Morgan fingerprint density at radius 1 is 1.21 bits per heavy atom. The van der Waals surface area contributed by atoms with E-state index in [1.165, 1.54) is 18.4 Å². The zero-order chi connectivity index (χ0) is 19.1. The van der Waals surface area contributed by atoms with Crippen LogP contribution in [-0.2, 0) is 12.8 Å². The average molecular weight is 374 g/mol. The molecule has 1 N–H and O–H groups in total. The van der Waals surface area contributed by atoms with E-state index in [-0.39, 0.29) is 0 Å². The highest BCUT2D eigenvalue weighted by Gasteiger charge is 2.28. The van der Waals surface area contributed by atoms with E-state index in [1.54, 1.807) is 4.52 Å². The van der Waals surface area contributed by atoms with Crippen LogP contribution in [0, 0.1) is 24.2 Å². The summed E-state index contributed by atoms with van der Waals surface area (Å²) >= 11 is 0. The topological polar surface area (TPSA) is 95.0 Å². The van der Waals surface area contributed by atoms with Gasteiger partial charge >= 0.3 is 0 Å². The number of aryl methyl sites for hydroxylation is 3. The molecule has 0 radical (unpaired) electrons. The Kier molecular flexibility index (Phi) is 4.08. The number of aromatic nitrogens is 5. The number of nitrogens with one attached hydrogen (secondary N) is 1. The standard InChI is InChI=1S/C20H22N8/c1-13-24-25-18-6-7-19(26-28(13)18)27-11-14(12-27)10-22-20-16(9-21)8-15-4-2-3-5-17(15)23-20/h6-8,14H,2-5,10-12H2,1H3,(H,22,23). The molecule has 0 bridgehead atoms. The Labute approximate surface area is 163 Å². The van der Waals surface area contributed by atoms with Crippen molar-refractivity contribution in [2.24, 2.45) is 5.92 Å². The molecule has 0 atom stereocenters. The van der Waals surface area contributed by atoms with Crippen LogP contribution in [-0.4, -0.2) is 44.4 Å². The first-order valence-corrected chi connectivity index (χ1v) is 9.82. The Morgan fingerprint density at radius 2 is 2.07 bits per heavy atom. The number of rotatable bonds is 4. The van der Waals surface area contributed by atoms with Crippen molar-refractivity contribution in [3.05, 3.63) is 40.8 Å². The molecule has 3 aromatic rings. The maximum absolute atomic E-state index is 9.48. The smallest absolute Gasteiger partial charge is 0.178 e. The average Bonchev–Trinajstić information content (AvgIpc) is 3.06. The molecule has 1 aliphatic carbocycles. The van der Waals surface area contributed by atoms with Crippen molar-refractivity contribution in [3.63, 3.8) is 0 Å². The van der Waals surface area contributed by atoms with Crippen LogP contribution in [0.15, 0.2) is 18.2 Å². The third-order valence-corrected chi connectivity index (χ3v) is 5.67. The number of hydrogen-bond donors (Lipinski definition) is 1. The van der Waals surface area contributed by atoms with Crippen molar-refractivity contribution < 1.29 is 0 Å². The van der Waals surface area contributed by atoms with E-state index in [0.29, 0.717) is 11.5 Å². The molecule has 8 nitrogen and oxygen atoms in total. The Hall–Kier alpha value is -3.21. The van der Waals surface area contributed by atoms with Gasteiger partial charge in [0, 0.05) is 31.2 Å². The van der Waals surface area contributed by atoms with Crippen molar-refractivity contribution in [1.29, 1.82) is 5.26 Å². The molecule has 1 saturated heterocycles. The number of fused-ring (bicyclic) bond motifs is 2. The molecule has 142 valence electrons. The summed E-state index contributed by atoms with van der Waals surface area (Å²) < 4.78 is 1.77. The molecule has 8 heteroatoms. The van der Waals surface area contributed by atoms with Gasteiger partial charge in [-0.25, -0.2) is 4.98 Å². The van der Waals surface area contributed by atoms with Crippen LogP contribution < -0.4 is 10.2 Å². The molecule has 0 saturated carbocycles. The fourth-order valence-electron chi connectivity index (χ4n) is 4.04. The predicted octanol–water partition coefficient (Wildman–Crippen LogP) is 2.13. The largest absolute Gasteiger partial charge is 0.369 e. The van der Waals surface area contributed by atoms with Crippen molar-refractivity contribution in [2.45, 2.75) is 32.6 Å². The third kappa shape index (κ3) is 2.93. The number of hydrogen-bond acceptors (Lipinski definition) is 7. The van der Waals surface area contributed by atoms with Crippen molar-refractivity contribution in [1.82, 2.24) is 24.8 Å². The van der Waals surface area contributed by atoms with Crippen molar-refractivity contribution in [3.8, 4) is 6.07 Å². The van der Waals surface area contributed by atoms with Gasteiger partial charge in [-0.1, -0.05) is 0 Å². The van der Waals surface area contributed by atoms with E-state index >= 15 is 0 Å². The third-order valence-electron chi connectivity index (χ3n) is 5.67. The van der Waals surface area contributed by atoms with Gasteiger partial charge in [0.25, 0.3) is 0 Å². The normalized spacial score (nSPS) is 16.5. The minimum absolute atomic E-state index is 0.504. The monoisotopic (exact) mass is 374 g/mol. The highest BCUT2D eigenvalue weighted by Crippen LogP contribution is 2.26. The summed E-state index contributed by atoms with van der Waals surface area (Å²) in [6, 6.07) is 8.27. The Morgan fingerprint density at radius 3 is 2.93 bits per heavy atom. The summed E-state index contributed by atoms with van der Waals surface area (Å²) in [5, 5.41) is 25.7. The summed E-state index contributed by atoms with van der Waals surface area (Å²) in [6.07, 6.45) is 4.44. The van der Waals surface area contributed by atoms with E-state index in [4.69, 9.17) is 4.98 Å². The van der Waals surface area contributed by atoms with Gasteiger partial charge in [0.2, 0.25) is 0 Å². The molecule has 0 unspecified atom stereocenters. The fraction of sp³-hybridized carbons (Fsp3) is 0.450. The lowest BCUT2D eigenvalue weighted by atomic mass is 9.94. The second kappa shape index (κ2) is 6.75. The second-order valence-corrected chi connectivity index (χ2v) is 7.67. The number of nitrogens with zero attached hydrogens (tertiary/aromatic N) is 7. The first kappa shape index (κ1) is 16.9. The molecule has 1 fully saturated rings. The van der Waals surface area contributed by atoms with Crippen LogP contribution >= 0.6 is 0 Å². The zero-order valence-corrected chi connectivity index (χ0v) is 15.9. The van der Waals surface area contributed by atoms with Gasteiger partial charge in [-0.05, 0) is 56.4 Å². The van der Waals surface area contributed by atoms with Gasteiger partial charge in [0.05, 0.1) is 5.56 Å². The molecule has 1 aliphatic heterocycles. The summed E-state index contributed by atoms with van der Waals surface area (Å²) in [4.78, 5) is 7.00. The summed E-state index contributed by atoms with van der Waals surface area (Å²) in [5.41, 5.74) is 3.83. The van der Waals surface area contributed by atoms with Gasteiger partial charge in [0.1, 0.15) is 17.7 Å². The summed E-state index contributed by atoms with van der Waals surface area (Å²) in [6.45, 7) is 4.57. The molecule has 0 spiro atoms. The van der Waals surface area contributed by atoms with Crippen LogP contribution in [0.25, 0.3) is 5.65 Å². The molecule has 5 rings (SSSR count). The van der Waals surface area contributed by atoms with Crippen molar-refractivity contribution in [2.75, 3.05) is 29.9 Å². The first-order valence-electron chi connectivity index (χ1n) is 9.82. The highest BCUT2D eigenvalue weighted by atomic mass is 15.4. The molecular formula is C20H22N8. The molecule has 0 aromatic carbocycles. The van der Waals surface area contributed by atoms with Crippen LogP contribution in [0.4, 0.5) is 11.6 Å². The molecule has 0 amide bonds. The maximum atomic E-state index is 9.48. The molecule has 2 aliphatic rings. The molecule has 3 aromatic heterocycles. The highest BCUT2D eigenvalue weighted by molar-refractivity contribution is 5.55. The lowest BCUT2D eigenvalue weighted by Gasteiger charge is -2.40. The Balaban J connectivity index is 1.23. The maximum Gasteiger partial charge on any atom is 0.178 e. The van der Waals surface area contributed by atoms with Gasteiger partial charge in [-0.3, -0.25) is 0 Å². The summed E-state index contributed by atoms with van der Waals surface area (Å²) in [5.74, 6) is 2.97. The van der Waals surface area contributed by atoms with Crippen LogP contribution in [0.1, 0.15) is 35.5 Å². The van der Waals surface area contributed by atoms with Gasteiger partial charge in [-0.2, -0.15) is 9.78 Å². The van der Waals surface area contributed by atoms with E-state index < -0.39 is 0 Å². The quantitative estimate of drug-likeness (QED) is 0.747. The second-order valence-electron chi connectivity index (χ2n) is 7.67. The number of nitriles is 1. The molecule has 4 heterocycles. The molecular weight excluding hydrogens is 352 g/mol. The fourth-order valence-corrected chi connectivity index (χ4v) is 4.04. The lowest BCUT2D eigenvalue weighted by Crippen LogP contribution is -2.50. The predicted molar refractivity (Wildman–Crippen MR) is 105 cm³/mol. The van der Waals surface area contributed by atoms with Crippen LogP contribution in [0.2, 0.25) is 0 Å². The van der Waals surface area contributed by atoms with E-state index in [2.05, 4.69) is 31.6 Å².